The first-order valence-corrected chi connectivity index (χ1v) is 2.92. The van der Waals surface area contributed by atoms with Crippen LogP contribution in [0.1, 0.15) is 0 Å². The van der Waals surface area contributed by atoms with Crippen LogP contribution in [0.4, 0.5) is 13.2 Å². The van der Waals surface area contributed by atoms with Gasteiger partial charge in [0.25, 0.3) is 0 Å². The monoisotopic (exact) mass is 184 g/mol. The Morgan fingerprint density at radius 2 is 2.17 bits per heavy atom. The van der Waals surface area contributed by atoms with Crippen LogP contribution in [0.25, 0.3) is 0 Å². The Balaban J connectivity index is 3.79. The summed E-state index contributed by atoms with van der Waals surface area (Å²) in [5.74, 6) is -1.00. The minimum atomic E-state index is -4.76. The lowest BCUT2D eigenvalue weighted by molar-refractivity contribution is -0.216. The first-order valence-electron chi connectivity index (χ1n) is 2.92. The van der Waals surface area contributed by atoms with Crippen molar-refractivity contribution in [2.75, 3.05) is 6.61 Å². The molecule has 0 aromatic carbocycles. The Morgan fingerprint density at radius 1 is 1.67 bits per heavy atom. The van der Waals surface area contributed by atoms with Gasteiger partial charge in [-0.3, -0.25) is 0 Å². The zero-order valence-corrected chi connectivity index (χ0v) is 5.97. The number of halogens is 3. The zero-order valence-electron chi connectivity index (χ0n) is 5.97. The van der Waals surface area contributed by atoms with Crippen LogP contribution < -0.4 is 0 Å². The topological polar surface area (TPSA) is 46.5 Å². The summed E-state index contributed by atoms with van der Waals surface area (Å²) in [6, 6.07) is 0. The predicted octanol–water partition coefficient (Wildman–Crippen LogP) is 0.639. The molecule has 1 unspecified atom stereocenters. The maximum atomic E-state index is 11.5. The van der Waals surface area contributed by atoms with Crippen molar-refractivity contribution in [3.05, 3.63) is 12.7 Å². The molecule has 0 aliphatic heterocycles. The lowest BCUT2D eigenvalue weighted by atomic mass is 10.4. The molecule has 1 N–H and O–H groups in total. The number of carbonyl (C=O) groups excluding carboxylic acids is 1. The number of rotatable bonds is 3. The van der Waals surface area contributed by atoms with Gasteiger partial charge < -0.3 is 9.84 Å². The average molecular weight is 184 g/mol. The van der Waals surface area contributed by atoms with Crippen LogP contribution in [0.5, 0.6) is 0 Å². The van der Waals surface area contributed by atoms with Gasteiger partial charge in [0, 0.05) is 6.08 Å². The van der Waals surface area contributed by atoms with Crippen LogP contribution in [-0.2, 0) is 9.53 Å². The molecule has 3 nitrogen and oxygen atoms in total. The van der Waals surface area contributed by atoms with E-state index in [0.29, 0.717) is 6.08 Å². The van der Waals surface area contributed by atoms with Gasteiger partial charge in [-0.2, -0.15) is 13.2 Å². The summed E-state index contributed by atoms with van der Waals surface area (Å²) >= 11 is 0. The molecular weight excluding hydrogens is 177 g/mol. The van der Waals surface area contributed by atoms with E-state index < -0.39 is 24.9 Å². The van der Waals surface area contributed by atoms with Gasteiger partial charge in [-0.05, 0) is 0 Å². The number of hydrogen-bond acceptors (Lipinski definition) is 3. The Morgan fingerprint density at radius 3 is 2.50 bits per heavy atom. The smallest absolute Gasteiger partial charge is 0.417 e. The van der Waals surface area contributed by atoms with Crippen molar-refractivity contribution in [2.45, 2.75) is 12.3 Å². The summed E-state index contributed by atoms with van der Waals surface area (Å²) in [4.78, 5) is 10.2. The van der Waals surface area contributed by atoms with E-state index in [1.54, 1.807) is 0 Å². The standard InChI is InChI=1S/C6H7F3O3/c1-2-5(11)12-3-4(10)6(7,8)9/h2,4,10H,1,3H2. The Kier molecular flexibility index (Phi) is 3.75. The fourth-order valence-electron chi connectivity index (χ4n) is 0.314. The van der Waals surface area contributed by atoms with Gasteiger partial charge in [0.15, 0.2) is 6.10 Å². The second-order valence-corrected chi connectivity index (χ2v) is 1.89. The SMILES string of the molecule is C=CC(=O)OCC(O)C(F)(F)F. The van der Waals surface area contributed by atoms with Gasteiger partial charge in [0.05, 0.1) is 0 Å². The molecule has 0 aliphatic rings. The molecule has 0 saturated carbocycles. The summed E-state index contributed by atoms with van der Waals surface area (Å²) in [6.07, 6.45) is -6.69. The molecule has 0 bridgehead atoms. The molecule has 0 radical (unpaired) electrons. The van der Waals surface area contributed by atoms with E-state index in [4.69, 9.17) is 5.11 Å². The maximum Gasteiger partial charge on any atom is 0.417 e. The fraction of sp³-hybridized carbons (Fsp3) is 0.500. The van der Waals surface area contributed by atoms with E-state index in [1.165, 1.54) is 0 Å². The molecule has 0 heterocycles. The normalized spacial score (nSPS) is 13.7. The number of alkyl halides is 3. The number of ether oxygens (including phenoxy) is 1. The highest BCUT2D eigenvalue weighted by Gasteiger charge is 2.38. The Hall–Kier alpha value is -1.04. The fourth-order valence-corrected chi connectivity index (χ4v) is 0.314. The third-order valence-corrected chi connectivity index (χ3v) is 0.928. The van der Waals surface area contributed by atoms with E-state index >= 15 is 0 Å². The quantitative estimate of drug-likeness (QED) is 0.517. The lowest BCUT2D eigenvalue weighted by Crippen LogP contribution is -2.33. The molecule has 0 amide bonds. The minimum Gasteiger partial charge on any atom is -0.459 e. The summed E-state index contributed by atoms with van der Waals surface area (Å²) in [5, 5.41) is 8.29. The molecule has 0 aromatic heterocycles. The number of hydrogen-bond donors (Lipinski definition) is 1. The van der Waals surface area contributed by atoms with E-state index in [9.17, 15) is 18.0 Å². The van der Waals surface area contributed by atoms with Crippen molar-refractivity contribution in [3.8, 4) is 0 Å². The molecule has 70 valence electrons. The highest BCUT2D eigenvalue weighted by molar-refractivity contribution is 5.81. The molecule has 0 rings (SSSR count). The Labute approximate surface area is 66.4 Å². The molecule has 1 atom stereocenters. The van der Waals surface area contributed by atoms with Crippen molar-refractivity contribution < 1.29 is 27.8 Å². The predicted molar refractivity (Wildman–Crippen MR) is 33.2 cm³/mol. The first kappa shape index (κ1) is 11.0. The van der Waals surface area contributed by atoms with Crippen LogP contribution in [0.2, 0.25) is 0 Å². The van der Waals surface area contributed by atoms with Gasteiger partial charge in [-0.15, -0.1) is 0 Å². The van der Waals surface area contributed by atoms with E-state index in [-0.39, 0.29) is 0 Å². The van der Waals surface area contributed by atoms with Crippen LogP contribution in [0.3, 0.4) is 0 Å². The van der Waals surface area contributed by atoms with E-state index in [0.717, 1.165) is 0 Å². The van der Waals surface area contributed by atoms with Crippen molar-refractivity contribution in [3.63, 3.8) is 0 Å². The first-order chi connectivity index (χ1) is 5.38. The van der Waals surface area contributed by atoms with Crippen LogP contribution in [0, 0.1) is 0 Å². The molecule has 0 aromatic rings. The lowest BCUT2D eigenvalue weighted by Gasteiger charge is -2.13. The molecule has 12 heavy (non-hydrogen) atoms. The van der Waals surface area contributed by atoms with Crippen molar-refractivity contribution in [1.82, 2.24) is 0 Å². The van der Waals surface area contributed by atoms with E-state index in [1.807, 2.05) is 0 Å². The van der Waals surface area contributed by atoms with E-state index in [2.05, 4.69) is 11.3 Å². The average Bonchev–Trinajstić information content (AvgIpc) is 1.97. The van der Waals surface area contributed by atoms with Gasteiger partial charge in [0.2, 0.25) is 0 Å². The zero-order chi connectivity index (χ0) is 9.78. The van der Waals surface area contributed by atoms with Gasteiger partial charge in [-0.25, -0.2) is 4.79 Å². The van der Waals surface area contributed by atoms with Crippen LogP contribution in [0.15, 0.2) is 12.7 Å². The summed E-state index contributed by atoms with van der Waals surface area (Å²) in [7, 11) is 0. The molecule has 0 fully saturated rings. The third-order valence-electron chi connectivity index (χ3n) is 0.928. The van der Waals surface area contributed by atoms with Crippen LogP contribution >= 0.6 is 0 Å². The Bertz CT molecular complexity index is 175. The molecule has 0 aliphatic carbocycles. The third kappa shape index (κ3) is 3.97. The van der Waals surface area contributed by atoms with Crippen molar-refractivity contribution >= 4 is 5.97 Å². The molecular formula is C6H7F3O3. The van der Waals surface area contributed by atoms with Crippen molar-refractivity contribution in [2.24, 2.45) is 0 Å². The summed E-state index contributed by atoms with van der Waals surface area (Å²) < 4.78 is 38.6. The number of aliphatic hydroxyl groups is 1. The minimum absolute atomic E-state index is 0.711. The number of esters is 1. The summed E-state index contributed by atoms with van der Waals surface area (Å²) in [5.41, 5.74) is 0. The largest absolute Gasteiger partial charge is 0.459 e. The van der Waals surface area contributed by atoms with Crippen LogP contribution in [-0.4, -0.2) is 30.0 Å². The number of carbonyl (C=O) groups is 1. The molecule has 0 spiro atoms. The van der Waals surface area contributed by atoms with Gasteiger partial charge >= 0.3 is 12.1 Å². The summed E-state index contributed by atoms with van der Waals surface area (Å²) in [6.45, 7) is 1.86. The molecule has 0 saturated heterocycles. The second-order valence-electron chi connectivity index (χ2n) is 1.89. The highest BCUT2D eigenvalue weighted by Crippen LogP contribution is 2.19. The highest BCUT2D eigenvalue weighted by atomic mass is 19.4. The second kappa shape index (κ2) is 4.10. The van der Waals surface area contributed by atoms with Crippen molar-refractivity contribution in [1.29, 1.82) is 0 Å². The molecule has 6 heteroatoms. The maximum absolute atomic E-state index is 11.5. The number of aliphatic hydroxyl groups excluding tert-OH is 1. The van der Waals surface area contributed by atoms with Gasteiger partial charge in [-0.1, -0.05) is 6.58 Å². The van der Waals surface area contributed by atoms with Gasteiger partial charge in [0.1, 0.15) is 6.61 Å².